The Bertz CT molecular complexity index is 662. The molecule has 2 aromatic rings. The second-order valence-corrected chi connectivity index (χ2v) is 5.49. The third-order valence-electron chi connectivity index (χ3n) is 2.78. The zero-order chi connectivity index (χ0) is 13.4. The number of hydrogen-bond donors (Lipinski definition) is 1. The number of rotatable bonds is 1. The summed E-state index contributed by atoms with van der Waals surface area (Å²) in [7, 11) is 0. The summed E-state index contributed by atoms with van der Waals surface area (Å²) in [6, 6.07) is 9.19. The standard InChI is InChI=1S/C13H9BrClN3O/c14-8-4-11-13(16-6-8)18(7-12(19)17-11)10-3-1-2-9(15)5-10/h1-6H,7H2,(H,17,19). The molecule has 3 rings (SSSR count). The van der Waals surface area contributed by atoms with Gasteiger partial charge in [0, 0.05) is 21.4 Å². The first-order chi connectivity index (χ1) is 9.13. The van der Waals surface area contributed by atoms with Crippen molar-refractivity contribution < 1.29 is 4.79 Å². The average molecular weight is 339 g/mol. The number of halogens is 2. The van der Waals surface area contributed by atoms with Gasteiger partial charge in [0.15, 0.2) is 5.82 Å². The van der Waals surface area contributed by atoms with E-state index in [2.05, 4.69) is 26.2 Å². The molecule has 1 aliphatic rings. The van der Waals surface area contributed by atoms with Crippen LogP contribution < -0.4 is 10.2 Å². The Kier molecular flexibility index (Phi) is 3.16. The Labute approximate surface area is 123 Å². The number of aromatic nitrogens is 1. The molecule has 0 fully saturated rings. The van der Waals surface area contributed by atoms with Gasteiger partial charge in [-0.2, -0.15) is 0 Å². The van der Waals surface area contributed by atoms with Crippen LogP contribution in [0, 0.1) is 0 Å². The van der Waals surface area contributed by atoms with Crippen molar-refractivity contribution in [3.8, 4) is 0 Å². The largest absolute Gasteiger partial charge is 0.321 e. The van der Waals surface area contributed by atoms with E-state index in [1.807, 2.05) is 29.2 Å². The number of carbonyl (C=O) groups is 1. The van der Waals surface area contributed by atoms with Gasteiger partial charge in [-0.15, -0.1) is 0 Å². The van der Waals surface area contributed by atoms with Crippen LogP contribution in [0.5, 0.6) is 0 Å². The van der Waals surface area contributed by atoms with Crippen molar-refractivity contribution in [2.45, 2.75) is 0 Å². The van der Waals surface area contributed by atoms with Gasteiger partial charge in [0.1, 0.15) is 6.54 Å². The van der Waals surface area contributed by atoms with E-state index in [0.29, 0.717) is 16.5 Å². The summed E-state index contributed by atoms with van der Waals surface area (Å²) in [6.07, 6.45) is 1.70. The minimum atomic E-state index is -0.0765. The fourth-order valence-electron chi connectivity index (χ4n) is 2.00. The summed E-state index contributed by atoms with van der Waals surface area (Å²) in [6.45, 7) is 0.224. The molecule has 2 heterocycles. The highest BCUT2D eigenvalue weighted by molar-refractivity contribution is 9.10. The van der Waals surface area contributed by atoms with Crippen molar-refractivity contribution >= 4 is 50.6 Å². The van der Waals surface area contributed by atoms with Crippen molar-refractivity contribution in [1.29, 1.82) is 0 Å². The smallest absolute Gasteiger partial charge is 0.244 e. The van der Waals surface area contributed by atoms with Crippen LogP contribution in [-0.4, -0.2) is 17.4 Å². The summed E-state index contributed by atoms with van der Waals surface area (Å²) >= 11 is 9.34. The zero-order valence-electron chi connectivity index (χ0n) is 9.73. The first-order valence-corrected chi connectivity index (χ1v) is 6.79. The molecular weight excluding hydrogens is 330 g/mol. The highest BCUT2D eigenvalue weighted by Crippen LogP contribution is 2.35. The molecule has 0 saturated heterocycles. The number of amides is 1. The van der Waals surface area contributed by atoms with E-state index in [0.717, 1.165) is 10.2 Å². The average Bonchev–Trinajstić information content (AvgIpc) is 2.37. The van der Waals surface area contributed by atoms with E-state index in [9.17, 15) is 4.79 Å². The van der Waals surface area contributed by atoms with Crippen molar-refractivity contribution in [2.24, 2.45) is 0 Å². The third kappa shape index (κ3) is 2.43. The predicted octanol–water partition coefficient (Wildman–Crippen LogP) is 3.59. The number of hydrogen-bond acceptors (Lipinski definition) is 3. The molecule has 0 bridgehead atoms. The van der Waals surface area contributed by atoms with Crippen LogP contribution in [0.1, 0.15) is 0 Å². The second-order valence-electron chi connectivity index (χ2n) is 4.14. The zero-order valence-corrected chi connectivity index (χ0v) is 12.1. The molecule has 0 saturated carbocycles. The summed E-state index contributed by atoms with van der Waals surface area (Å²) in [5.74, 6) is 0.637. The molecule has 0 unspecified atom stereocenters. The molecule has 4 nitrogen and oxygen atoms in total. The minimum Gasteiger partial charge on any atom is -0.321 e. The van der Waals surface area contributed by atoms with Crippen LogP contribution in [0.4, 0.5) is 17.2 Å². The minimum absolute atomic E-state index is 0.0765. The van der Waals surface area contributed by atoms with Gasteiger partial charge >= 0.3 is 0 Å². The molecule has 1 N–H and O–H groups in total. The van der Waals surface area contributed by atoms with E-state index in [-0.39, 0.29) is 12.5 Å². The van der Waals surface area contributed by atoms with E-state index in [1.165, 1.54) is 0 Å². The Morgan fingerprint density at radius 3 is 3.00 bits per heavy atom. The van der Waals surface area contributed by atoms with E-state index >= 15 is 0 Å². The summed E-state index contributed by atoms with van der Waals surface area (Å²) in [5, 5.41) is 3.44. The number of nitrogens with one attached hydrogen (secondary N) is 1. The van der Waals surface area contributed by atoms with Crippen molar-refractivity contribution in [2.75, 3.05) is 16.8 Å². The van der Waals surface area contributed by atoms with Gasteiger partial charge in [-0.3, -0.25) is 4.79 Å². The summed E-state index contributed by atoms with van der Waals surface area (Å²) in [5.41, 5.74) is 1.53. The van der Waals surface area contributed by atoms with Crippen molar-refractivity contribution in [1.82, 2.24) is 4.98 Å². The molecule has 0 radical (unpaired) electrons. The van der Waals surface area contributed by atoms with Gasteiger partial charge in [0.05, 0.1) is 5.69 Å². The molecule has 1 amide bonds. The number of anilines is 3. The SMILES string of the molecule is O=C1CN(c2cccc(Cl)c2)c2ncc(Br)cc2N1. The molecule has 1 aromatic heterocycles. The van der Waals surface area contributed by atoms with Gasteiger partial charge in [0.25, 0.3) is 0 Å². The van der Waals surface area contributed by atoms with Crippen LogP contribution in [0.3, 0.4) is 0 Å². The Morgan fingerprint density at radius 2 is 2.21 bits per heavy atom. The fourth-order valence-corrected chi connectivity index (χ4v) is 2.52. The highest BCUT2D eigenvalue weighted by atomic mass is 79.9. The third-order valence-corrected chi connectivity index (χ3v) is 3.45. The second kappa shape index (κ2) is 4.83. The summed E-state index contributed by atoms with van der Waals surface area (Å²) in [4.78, 5) is 18.0. The predicted molar refractivity (Wildman–Crippen MR) is 79.0 cm³/mol. The van der Waals surface area contributed by atoms with Gasteiger partial charge in [-0.1, -0.05) is 17.7 Å². The van der Waals surface area contributed by atoms with E-state index < -0.39 is 0 Å². The van der Waals surface area contributed by atoms with Crippen LogP contribution in [0.2, 0.25) is 5.02 Å². The lowest BCUT2D eigenvalue weighted by atomic mass is 10.2. The van der Waals surface area contributed by atoms with E-state index in [1.54, 1.807) is 12.3 Å². The van der Waals surface area contributed by atoms with Crippen LogP contribution in [0.15, 0.2) is 41.0 Å². The first kappa shape index (κ1) is 12.4. The molecule has 0 aliphatic carbocycles. The number of fused-ring (bicyclic) bond motifs is 1. The first-order valence-electron chi connectivity index (χ1n) is 5.62. The Balaban J connectivity index is 2.11. The van der Waals surface area contributed by atoms with E-state index in [4.69, 9.17) is 11.6 Å². The van der Waals surface area contributed by atoms with Crippen LogP contribution in [0.25, 0.3) is 0 Å². The normalized spacial score (nSPS) is 14.0. The monoisotopic (exact) mass is 337 g/mol. The fraction of sp³-hybridized carbons (Fsp3) is 0.0769. The maximum atomic E-state index is 11.8. The Hall–Kier alpha value is -1.59. The molecular formula is C13H9BrClN3O. The summed E-state index contributed by atoms with van der Waals surface area (Å²) < 4.78 is 0.819. The molecule has 0 spiro atoms. The lowest BCUT2D eigenvalue weighted by molar-refractivity contribution is -0.115. The van der Waals surface area contributed by atoms with Crippen LogP contribution in [-0.2, 0) is 4.79 Å². The van der Waals surface area contributed by atoms with Gasteiger partial charge in [-0.05, 0) is 40.2 Å². The maximum absolute atomic E-state index is 11.8. The number of carbonyl (C=O) groups excluding carboxylic acids is 1. The lowest BCUT2D eigenvalue weighted by Crippen LogP contribution is -2.35. The van der Waals surface area contributed by atoms with Gasteiger partial charge in [-0.25, -0.2) is 4.98 Å². The lowest BCUT2D eigenvalue weighted by Gasteiger charge is -2.29. The molecule has 0 atom stereocenters. The molecule has 1 aliphatic heterocycles. The van der Waals surface area contributed by atoms with Gasteiger partial charge in [0.2, 0.25) is 5.91 Å². The highest BCUT2D eigenvalue weighted by Gasteiger charge is 2.24. The molecule has 96 valence electrons. The molecule has 19 heavy (non-hydrogen) atoms. The maximum Gasteiger partial charge on any atom is 0.244 e. The van der Waals surface area contributed by atoms with Crippen molar-refractivity contribution in [3.05, 3.63) is 46.0 Å². The number of pyridine rings is 1. The topological polar surface area (TPSA) is 45.2 Å². The quantitative estimate of drug-likeness (QED) is 0.864. The number of benzene rings is 1. The molecule has 6 heteroatoms. The van der Waals surface area contributed by atoms with Gasteiger partial charge < -0.3 is 10.2 Å². The number of nitrogens with zero attached hydrogens (tertiary/aromatic N) is 2. The van der Waals surface area contributed by atoms with Crippen LogP contribution >= 0.6 is 27.5 Å². The molecule has 1 aromatic carbocycles. The Morgan fingerprint density at radius 1 is 1.37 bits per heavy atom. The van der Waals surface area contributed by atoms with Crippen molar-refractivity contribution in [3.63, 3.8) is 0 Å².